The van der Waals surface area contributed by atoms with Crippen LogP contribution < -0.4 is 10.6 Å². The van der Waals surface area contributed by atoms with Gasteiger partial charge in [0.05, 0.1) is 0 Å². The van der Waals surface area contributed by atoms with Crippen LogP contribution in [0.1, 0.15) is 0 Å². The van der Waals surface area contributed by atoms with Gasteiger partial charge in [-0.15, -0.1) is 6.58 Å². The van der Waals surface area contributed by atoms with Crippen LogP contribution >= 0.6 is 11.8 Å². The Morgan fingerprint density at radius 1 is 1.29 bits per heavy atom. The van der Waals surface area contributed by atoms with Gasteiger partial charge in [0.15, 0.2) is 0 Å². The number of carbonyl (C=O) groups excluding carboxylic acids is 2. The highest BCUT2D eigenvalue weighted by Crippen LogP contribution is 1.96. The van der Waals surface area contributed by atoms with E-state index in [2.05, 4.69) is 11.9 Å². The minimum Gasteiger partial charge on any atom is -0.478 e. The fraction of sp³-hybridized carbons (Fsp3) is 0.300. The van der Waals surface area contributed by atoms with Gasteiger partial charge < -0.3 is 10.4 Å². The zero-order valence-electron chi connectivity index (χ0n) is 9.14. The lowest BCUT2D eigenvalue weighted by molar-refractivity contribution is -0.131. The van der Waals surface area contributed by atoms with Gasteiger partial charge in [0.2, 0.25) is 0 Å². The highest BCUT2D eigenvalue weighted by Gasteiger charge is 2.03. The number of carboxylic acids is 1. The Morgan fingerprint density at radius 3 is 2.59 bits per heavy atom. The van der Waals surface area contributed by atoms with E-state index < -0.39 is 17.9 Å². The van der Waals surface area contributed by atoms with E-state index in [-0.39, 0.29) is 0 Å². The van der Waals surface area contributed by atoms with Crippen LogP contribution in [0.25, 0.3) is 0 Å². The minimum atomic E-state index is -1.25. The third-order valence-electron chi connectivity index (χ3n) is 1.38. The number of carboxylic acid groups (broad SMARTS) is 1. The van der Waals surface area contributed by atoms with E-state index in [0.29, 0.717) is 18.4 Å². The number of urea groups is 1. The summed E-state index contributed by atoms with van der Waals surface area (Å²) in [4.78, 5) is 32.1. The molecular formula is C10H14N2O4S. The van der Waals surface area contributed by atoms with Crippen molar-refractivity contribution in [2.24, 2.45) is 0 Å². The van der Waals surface area contributed by atoms with Crippen LogP contribution in [-0.2, 0) is 9.59 Å². The molecule has 0 aliphatic rings. The molecule has 3 N–H and O–H groups in total. The summed E-state index contributed by atoms with van der Waals surface area (Å²) >= 11 is 1.59. The predicted octanol–water partition coefficient (Wildman–Crippen LogP) is 0.372. The second-order valence-electron chi connectivity index (χ2n) is 2.78. The van der Waals surface area contributed by atoms with Crippen molar-refractivity contribution in [2.45, 2.75) is 0 Å². The summed E-state index contributed by atoms with van der Waals surface area (Å²) in [6.45, 7) is 3.96. The first-order valence-electron chi connectivity index (χ1n) is 4.74. The van der Waals surface area contributed by atoms with Crippen LogP contribution in [0.5, 0.6) is 0 Å². The molecule has 0 atom stereocenters. The van der Waals surface area contributed by atoms with E-state index in [1.54, 1.807) is 17.8 Å². The van der Waals surface area contributed by atoms with Crippen LogP contribution in [0.3, 0.4) is 0 Å². The van der Waals surface area contributed by atoms with E-state index >= 15 is 0 Å². The van der Waals surface area contributed by atoms with Crippen LogP contribution in [-0.4, -0.2) is 41.1 Å². The van der Waals surface area contributed by atoms with Crippen molar-refractivity contribution in [3.05, 3.63) is 24.8 Å². The van der Waals surface area contributed by atoms with Gasteiger partial charge in [-0.1, -0.05) is 6.08 Å². The standard InChI is InChI=1S/C10H14N2O4S/c1-2-6-17-7-5-11-10(16)12-8(13)3-4-9(14)15/h2-4H,1,5-7H2,(H,14,15)(H2,11,12,13,16)/b4-3+. The highest BCUT2D eigenvalue weighted by atomic mass is 32.2. The summed E-state index contributed by atoms with van der Waals surface area (Å²) in [6.07, 6.45) is 3.18. The number of hydrogen-bond donors (Lipinski definition) is 3. The molecule has 0 aromatic carbocycles. The van der Waals surface area contributed by atoms with Crippen molar-refractivity contribution in [2.75, 3.05) is 18.1 Å². The Morgan fingerprint density at radius 2 is 2.00 bits per heavy atom. The monoisotopic (exact) mass is 258 g/mol. The Kier molecular flexibility index (Phi) is 8.48. The molecule has 0 saturated carbocycles. The topological polar surface area (TPSA) is 95.5 Å². The first-order valence-corrected chi connectivity index (χ1v) is 5.90. The van der Waals surface area contributed by atoms with E-state index in [0.717, 1.165) is 11.8 Å². The summed E-state index contributed by atoms with van der Waals surface area (Å²) in [6, 6.07) is -0.649. The fourth-order valence-corrected chi connectivity index (χ4v) is 1.33. The summed E-state index contributed by atoms with van der Waals surface area (Å²) in [5.41, 5.74) is 0. The number of rotatable bonds is 7. The number of carbonyl (C=O) groups is 3. The van der Waals surface area contributed by atoms with Crippen molar-refractivity contribution < 1.29 is 19.5 Å². The van der Waals surface area contributed by atoms with Crippen LogP contribution in [0, 0.1) is 0 Å². The van der Waals surface area contributed by atoms with E-state index in [1.807, 2.05) is 5.32 Å². The smallest absolute Gasteiger partial charge is 0.328 e. The Bertz CT molecular complexity index is 328. The van der Waals surface area contributed by atoms with Gasteiger partial charge in [-0.05, 0) is 0 Å². The molecule has 0 radical (unpaired) electrons. The van der Waals surface area contributed by atoms with Gasteiger partial charge in [-0.2, -0.15) is 11.8 Å². The molecule has 7 heteroatoms. The average molecular weight is 258 g/mol. The van der Waals surface area contributed by atoms with E-state index in [9.17, 15) is 14.4 Å². The molecule has 0 aromatic rings. The van der Waals surface area contributed by atoms with Crippen molar-refractivity contribution in [1.29, 1.82) is 0 Å². The van der Waals surface area contributed by atoms with Crippen molar-refractivity contribution in [3.63, 3.8) is 0 Å². The normalized spacial score (nSPS) is 9.88. The minimum absolute atomic E-state index is 0.417. The Labute approximate surface area is 103 Å². The zero-order chi connectivity index (χ0) is 13.1. The lowest BCUT2D eigenvalue weighted by atomic mass is 10.5. The lowest BCUT2D eigenvalue weighted by Gasteiger charge is -2.03. The molecule has 0 aliphatic carbocycles. The molecule has 6 nitrogen and oxygen atoms in total. The van der Waals surface area contributed by atoms with Crippen LogP contribution in [0.15, 0.2) is 24.8 Å². The summed E-state index contributed by atoms with van der Waals surface area (Å²) < 4.78 is 0. The highest BCUT2D eigenvalue weighted by molar-refractivity contribution is 7.99. The quantitative estimate of drug-likeness (QED) is 0.348. The molecular weight excluding hydrogens is 244 g/mol. The number of amides is 3. The molecule has 0 unspecified atom stereocenters. The van der Waals surface area contributed by atoms with E-state index in [1.165, 1.54) is 0 Å². The number of thioether (sulfide) groups is 1. The number of hydrogen-bond acceptors (Lipinski definition) is 4. The Balaban J connectivity index is 3.68. The molecule has 0 fully saturated rings. The maximum atomic E-state index is 11.1. The largest absolute Gasteiger partial charge is 0.478 e. The molecule has 0 aliphatic heterocycles. The van der Waals surface area contributed by atoms with Gasteiger partial charge in [0.25, 0.3) is 5.91 Å². The SMILES string of the molecule is C=CCSCCNC(=O)NC(=O)/C=C/C(=O)O. The second-order valence-corrected chi connectivity index (χ2v) is 3.93. The zero-order valence-corrected chi connectivity index (χ0v) is 9.96. The summed E-state index contributed by atoms with van der Waals surface area (Å²) in [7, 11) is 0. The van der Waals surface area contributed by atoms with E-state index in [4.69, 9.17) is 5.11 Å². The van der Waals surface area contributed by atoms with Crippen molar-refractivity contribution in [1.82, 2.24) is 10.6 Å². The lowest BCUT2D eigenvalue weighted by Crippen LogP contribution is -2.39. The molecule has 0 spiro atoms. The molecule has 0 rings (SSSR count). The first-order chi connectivity index (χ1) is 8.06. The second kappa shape index (κ2) is 9.46. The number of imide groups is 1. The van der Waals surface area contributed by atoms with Crippen LogP contribution in [0.2, 0.25) is 0 Å². The summed E-state index contributed by atoms with van der Waals surface area (Å²) in [5, 5.41) is 12.7. The van der Waals surface area contributed by atoms with Gasteiger partial charge in [0, 0.05) is 30.2 Å². The van der Waals surface area contributed by atoms with Crippen molar-refractivity contribution in [3.8, 4) is 0 Å². The molecule has 0 aromatic heterocycles. The average Bonchev–Trinajstić information content (AvgIpc) is 2.26. The fourth-order valence-electron chi connectivity index (χ4n) is 0.748. The third-order valence-corrected chi connectivity index (χ3v) is 2.35. The number of nitrogens with one attached hydrogen (secondary N) is 2. The van der Waals surface area contributed by atoms with Gasteiger partial charge in [-0.3, -0.25) is 10.1 Å². The number of aliphatic carboxylic acids is 1. The molecule has 3 amide bonds. The van der Waals surface area contributed by atoms with Gasteiger partial charge >= 0.3 is 12.0 Å². The van der Waals surface area contributed by atoms with Gasteiger partial charge in [0.1, 0.15) is 0 Å². The van der Waals surface area contributed by atoms with Gasteiger partial charge in [-0.25, -0.2) is 9.59 Å². The van der Waals surface area contributed by atoms with Crippen molar-refractivity contribution >= 4 is 29.7 Å². The molecule has 94 valence electrons. The van der Waals surface area contributed by atoms with Crippen LogP contribution in [0.4, 0.5) is 4.79 Å². The summed E-state index contributed by atoms with van der Waals surface area (Å²) in [5.74, 6) is -0.521. The maximum absolute atomic E-state index is 11.1. The predicted molar refractivity (Wildman–Crippen MR) is 65.8 cm³/mol. The molecule has 0 heterocycles. The first kappa shape index (κ1) is 15.2. The third kappa shape index (κ3) is 10.5. The molecule has 17 heavy (non-hydrogen) atoms. The maximum Gasteiger partial charge on any atom is 0.328 e. The molecule has 0 bridgehead atoms. The Hall–Kier alpha value is -1.76. The molecule has 0 saturated heterocycles.